The summed E-state index contributed by atoms with van der Waals surface area (Å²) >= 11 is 0. The number of benzene rings is 1. The average Bonchev–Trinajstić information content (AvgIpc) is 2.46. The van der Waals surface area contributed by atoms with E-state index in [2.05, 4.69) is 40.5 Å². The molecule has 122 valence electrons. The molecule has 1 unspecified atom stereocenters. The first-order valence-electron chi connectivity index (χ1n) is 7.97. The molecule has 1 atom stereocenters. The first kappa shape index (κ1) is 17.3. The standard InChI is InChI=1S/C17H25N3O.ClH/c1-19(17(21)15-10-18-11-15)16-8-5-9-20(13-16)12-14-6-3-2-4-7-14;/h2-4,6-7,15-16,18H,5,8-13H2,1H3;1H. The van der Waals surface area contributed by atoms with Crippen molar-refractivity contribution in [1.82, 2.24) is 15.1 Å². The largest absolute Gasteiger partial charge is 0.341 e. The highest BCUT2D eigenvalue weighted by Gasteiger charge is 2.32. The van der Waals surface area contributed by atoms with Crippen LogP contribution >= 0.6 is 12.4 Å². The zero-order valence-electron chi connectivity index (χ0n) is 13.2. The first-order chi connectivity index (χ1) is 10.2. The minimum atomic E-state index is 0. The predicted molar refractivity (Wildman–Crippen MR) is 91.1 cm³/mol. The van der Waals surface area contributed by atoms with Crippen LogP contribution in [-0.2, 0) is 11.3 Å². The number of likely N-dealkylation sites (N-methyl/N-ethyl adjacent to an activating group) is 1. The fourth-order valence-corrected chi connectivity index (χ4v) is 3.26. The van der Waals surface area contributed by atoms with E-state index in [1.165, 1.54) is 12.0 Å². The van der Waals surface area contributed by atoms with Gasteiger partial charge in [-0.25, -0.2) is 0 Å². The third kappa shape index (κ3) is 4.00. The molecule has 0 saturated carbocycles. The summed E-state index contributed by atoms with van der Waals surface area (Å²) in [6.07, 6.45) is 2.31. The van der Waals surface area contributed by atoms with Crippen LogP contribution in [0.1, 0.15) is 18.4 Å². The van der Waals surface area contributed by atoms with Crippen molar-refractivity contribution >= 4 is 18.3 Å². The van der Waals surface area contributed by atoms with Gasteiger partial charge in [0.25, 0.3) is 0 Å². The second-order valence-electron chi connectivity index (χ2n) is 6.32. The monoisotopic (exact) mass is 323 g/mol. The number of likely N-dealkylation sites (tertiary alicyclic amines) is 1. The van der Waals surface area contributed by atoms with Gasteiger partial charge in [0, 0.05) is 39.3 Å². The molecule has 2 aliphatic heterocycles. The first-order valence-corrected chi connectivity index (χ1v) is 7.97. The molecule has 2 fully saturated rings. The van der Waals surface area contributed by atoms with E-state index in [0.717, 1.165) is 39.1 Å². The predicted octanol–water partition coefficient (Wildman–Crippen LogP) is 1.75. The van der Waals surface area contributed by atoms with Crippen molar-refractivity contribution < 1.29 is 4.79 Å². The summed E-state index contributed by atoms with van der Waals surface area (Å²) in [5.74, 6) is 0.528. The number of hydrogen-bond donors (Lipinski definition) is 1. The Labute approximate surface area is 139 Å². The lowest BCUT2D eigenvalue weighted by atomic mass is 9.98. The Hall–Kier alpha value is -1.10. The number of piperidine rings is 1. The fourth-order valence-electron chi connectivity index (χ4n) is 3.26. The lowest BCUT2D eigenvalue weighted by Gasteiger charge is -2.40. The number of carbonyl (C=O) groups excluding carboxylic acids is 1. The molecule has 5 heteroatoms. The second-order valence-corrected chi connectivity index (χ2v) is 6.32. The maximum Gasteiger partial charge on any atom is 0.228 e. The summed E-state index contributed by atoms with van der Waals surface area (Å²) in [6, 6.07) is 11.0. The maximum absolute atomic E-state index is 12.4. The Morgan fingerprint density at radius 1 is 1.32 bits per heavy atom. The average molecular weight is 324 g/mol. The molecule has 22 heavy (non-hydrogen) atoms. The summed E-state index contributed by atoms with van der Waals surface area (Å²) in [6.45, 7) is 4.83. The lowest BCUT2D eigenvalue weighted by Crippen LogP contribution is -2.55. The van der Waals surface area contributed by atoms with Gasteiger partial charge in [-0.2, -0.15) is 0 Å². The molecule has 0 bridgehead atoms. The third-order valence-corrected chi connectivity index (χ3v) is 4.76. The summed E-state index contributed by atoms with van der Waals surface area (Å²) < 4.78 is 0. The molecular formula is C17H26ClN3O. The molecule has 2 aliphatic rings. The molecule has 0 spiro atoms. The Morgan fingerprint density at radius 3 is 2.68 bits per heavy atom. The number of carbonyl (C=O) groups is 1. The highest BCUT2D eigenvalue weighted by molar-refractivity contribution is 5.85. The molecule has 4 nitrogen and oxygen atoms in total. The Balaban J connectivity index is 0.00000176. The Morgan fingerprint density at radius 2 is 2.05 bits per heavy atom. The molecule has 0 radical (unpaired) electrons. The van der Waals surface area contributed by atoms with E-state index in [4.69, 9.17) is 0 Å². The lowest BCUT2D eigenvalue weighted by molar-refractivity contribution is -0.139. The van der Waals surface area contributed by atoms with Crippen LogP contribution in [0.4, 0.5) is 0 Å². The third-order valence-electron chi connectivity index (χ3n) is 4.76. The van der Waals surface area contributed by atoms with E-state index in [0.29, 0.717) is 11.9 Å². The molecule has 1 amide bonds. The van der Waals surface area contributed by atoms with Crippen LogP contribution in [-0.4, -0.2) is 55.0 Å². The van der Waals surface area contributed by atoms with Crippen LogP contribution in [0, 0.1) is 5.92 Å². The summed E-state index contributed by atoms with van der Waals surface area (Å²) in [7, 11) is 1.98. The van der Waals surface area contributed by atoms with Gasteiger partial charge < -0.3 is 10.2 Å². The van der Waals surface area contributed by atoms with Crippen molar-refractivity contribution in [3.8, 4) is 0 Å². The SMILES string of the molecule is CN(C(=O)C1CNC1)C1CCCN(Cc2ccccc2)C1.Cl. The van der Waals surface area contributed by atoms with Crippen LogP contribution in [0.25, 0.3) is 0 Å². The van der Waals surface area contributed by atoms with Gasteiger partial charge in [-0.1, -0.05) is 30.3 Å². The highest BCUT2D eigenvalue weighted by atomic mass is 35.5. The topological polar surface area (TPSA) is 35.6 Å². The zero-order chi connectivity index (χ0) is 14.7. The summed E-state index contributed by atoms with van der Waals surface area (Å²) in [4.78, 5) is 16.8. The van der Waals surface area contributed by atoms with Gasteiger partial charge in [0.05, 0.1) is 5.92 Å². The molecule has 2 heterocycles. The number of halogens is 1. The van der Waals surface area contributed by atoms with E-state index < -0.39 is 0 Å². The summed E-state index contributed by atoms with van der Waals surface area (Å²) in [5.41, 5.74) is 1.36. The molecule has 3 rings (SSSR count). The fraction of sp³-hybridized carbons (Fsp3) is 0.588. The van der Waals surface area contributed by atoms with Crippen LogP contribution in [0.2, 0.25) is 0 Å². The minimum absolute atomic E-state index is 0. The van der Waals surface area contributed by atoms with Crippen molar-refractivity contribution in [2.24, 2.45) is 5.92 Å². The van der Waals surface area contributed by atoms with Crippen LogP contribution in [0.5, 0.6) is 0 Å². The maximum atomic E-state index is 12.4. The van der Waals surface area contributed by atoms with Crippen molar-refractivity contribution in [2.45, 2.75) is 25.4 Å². The van der Waals surface area contributed by atoms with E-state index in [1.807, 2.05) is 11.9 Å². The number of hydrogen-bond acceptors (Lipinski definition) is 3. The van der Waals surface area contributed by atoms with Crippen molar-refractivity contribution in [1.29, 1.82) is 0 Å². The normalized spacial score (nSPS) is 22.5. The molecular weight excluding hydrogens is 298 g/mol. The van der Waals surface area contributed by atoms with Gasteiger partial charge in [-0.3, -0.25) is 9.69 Å². The van der Waals surface area contributed by atoms with Crippen molar-refractivity contribution in [3.63, 3.8) is 0 Å². The second kappa shape index (κ2) is 7.95. The van der Waals surface area contributed by atoms with E-state index >= 15 is 0 Å². The quantitative estimate of drug-likeness (QED) is 0.917. The van der Waals surface area contributed by atoms with E-state index in [9.17, 15) is 4.79 Å². The molecule has 1 N–H and O–H groups in total. The number of nitrogens with one attached hydrogen (secondary N) is 1. The molecule has 0 aliphatic carbocycles. The highest BCUT2D eigenvalue weighted by Crippen LogP contribution is 2.19. The van der Waals surface area contributed by atoms with E-state index in [1.54, 1.807) is 0 Å². The van der Waals surface area contributed by atoms with Gasteiger partial charge in [0.2, 0.25) is 5.91 Å². The Bertz CT molecular complexity index is 478. The van der Waals surface area contributed by atoms with Gasteiger partial charge in [-0.05, 0) is 24.9 Å². The van der Waals surface area contributed by atoms with Gasteiger partial charge in [0.1, 0.15) is 0 Å². The number of rotatable bonds is 4. The van der Waals surface area contributed by atoms with Crippen LogP contribution in [0.3, 0.4) is 0 Å². The molecule has 2 saturated heterocycles. The molecule has 1 aromatic carbocycles. The van der Waals surface area contributed by atoms with E-state index in [-0.39, 0.29) is 18.3 Å². The number of nitrogens with zero attached hydrogens (tertiary/aromatic N) is 2. The van der Waals surface area contributed by atoms with Crippen molar-refractivity contribution in [3.05, 3.63) is 35.9 Å². The zero-order valence-corrected chi connectivity index (χ0v) is 14.0. The van der Waals surface area contributed by atoms with Gasteiger partial charge in [0.15, 0.2) is 0 Å². The summed E-state index contributed by atoms with van der Waals surface area (Å²) in [5, 5.41) is 3.18. The molecule has 0 aromatic heterocycles. The van der Waals surface area contributed by atoms with Crippen LogP contribution < -0.4 is 5.32 Å². The number of amides is 1. The van der Waals surface area contributed by atoms with Crippen LogP contribution in [0.15, 0.2) is 30.3 Å². The minimum Gasteiger partial charge on any atom is -0.341 e. The molecule has 1 aromatic rings. The smallest absolute Gasteiger partial charge is 0.228 e. The van der Waals surface area contributed by atoms with Gasteiger partial charge >= 0.3 is 0 Å². The van der Waals surface area contributed by atoms with Crippen molar-refractivity contribution in [2.75, 3.05) is 33.2 Å². The van der Waals surface area contributed by atoms with Gasteiger partial charge in [-0.15, -0.1) is 12.4 Å². The Kier molecular flexibility index (Phi) is 6.24.